The SMILES string of the molecule is Oc1cc(C(F)(F)F)ccc1-c1nnc(N=C2CCC(O)C2)c2ccccc12. The molecule has 28 heavy (non-hydrogen) atoms. The molecule has 1 heterocycles. The number of aliphatic hydroxyl groups excluding tert-OH is 1. The highest BCUT2D eigenvalue weighted by atomic mass is 19.4. The smallest absolute Gasteiger partial charge is 0.416 e. The maximum Gasteiger partial charge on any atom is 0.416 e. The van der Waals surface area contributed by atoms with Crippen LogP contribution in [0.15, 0.2) is 47.5 Å². The van der Waals surface area contributed by atoms with Gasteiger partial charge in [-0.1, -0.05) is 24.3 Å². The van der Waals surface area contributed by atoms with E-state index in [2.05, 4.69) is 15.2 Å². The topological polar surface area (TPSA) is 78.6 Å². The summed E-state index contributed by atoms with van der Waals surface area (Å²) in [5.74, 6) is -0.137. The number of fused-ring (bicyclic) bond motifs is 1. The number of rotatable bonds is 2. The number of hydrogen-bond donors (Lipinski definition) is 2. The van der Waals surface area contributed by atoms with Gasteiger partial charge >= 0.3 is 6.18 Å². The van der Waals surface area contributed by atoms with Gasteiger partial charge < -0.3 is 10.2 Å². The zero-order chi connectivity index (χ0) is 19.9. The molecular weight excluding hydrogens is 371 g/mol. The van der Waals surface area contributed by atoms with Gasteiger partial charge in [-0.05, 0) is 31.0 Å². The molecule has 2 N–H and O–H groups in total. The summed E-state index contributed by atoms with van der Waals surface area (Å²) in [6.45, 7) is 0. The van der Waals surface area contributed by atoms with Crippen LogP contribution in [0.25, 0.3) is 22.0 Å². The van der Waals surface area contributed by atoms with Gasteiger partial charge in [-0.3, -0.25) is 0 Å². The van der Waals surface area contributed by atoms with Crippen LogP contribution in [0.3, 0.4) is 0 Å². The number of alkyl halides is 3. The van der Waals surface area contributed by atoms with Crippen LogP contribution in [-0.2, 0) is 6.18 Å². The standard InChI is InChI=1S/C20H16F3N3O2/c21-20(22,23)11-5-8-16(17(28)9-11)18-14-3-1-2-4-15(14)19(26-25-18)24-12-6-7-13(27)10-12/h1-5,8-9,13,27-28H,6-7,10H2. The van der Waals surface area contributed by atoms with E-state index in [1.54, 1.807) is 24.3 Å². The van der Waals surface area contributed by atoms with E-state index in [0.29, 0.717) is 41.9 Å². The van der Waals surface area contributed by atoms with Gasteiger partial charge in [0.15, 0.2) is 5.82 Å². The fraction of sp³-hybridized carbons (Fsp3) is 0.250. The average molecular weight is 387 g/mol. The predicted octanol–water partition coefficient (Wildman–Crippen LogP) is 4.64. The molecule has 1 aliphatic rings. The molecule has 0 radical (unpaired) electrons. The van der Waals surface area contributed by atoms with E-state index in [1.807, 2.05) is 0 Å². The van der Waals surface area contributed by atoms with Gasteiger partial charge in [0.2, 0.25) is 0 Å². The van der Waals surface area contributed by atoms with Crippen LogP contribution < -0.4 is 0 Å². The Hall–Kier alpha value is -3.00. The molecule has 3 aromatic rings. The first-order chi connectivity index (χ1) is 13.3. The average Bonchev–Trinajstić information content (AvgIpc) is 3.06. The molecule has 1 atom stereocenters. The van der Waals surface area contributed by atoms with Crippen molar-refractivity contribution in [2.24, 2.45) is 4.99 Å². The molecule has 4 rings (SSSR count). The molecule has 5 nitrogen and oxygen atoms in total. The quantitative estimate of drug-likeness (QED) is 0.672. The van der Waals surface area contributed by atoms with Crippen molar-refractivity contribution in [1.82, 2.24) is 10.2 Å². The molecule has 1 saturated carbocycles. The molecule has 8 heteroatoms. The normalized spacial score (nSPS) is 18.9. The highest BCUT2D eigenvalue weighted by Crippen LogP contribution is 2.39. The van der Waals surface area contributed by atoms with Crippen molar-refractivity contribution >= 4 is 22.3 Å². The van der Waals surface area contributed by atoms with Crippen molar-refractivity contribution in [2.45, 2.75) is 31.5 Å². The van der Waals surface area contributed by atoms with Crippen LogP contribution in [0.4, 0.5) is 19.0 Å². The van der Waals surface area contributed by atoms with Crippen molar-refractivity contribution in [2.75, 3.05) is 0 Å². The van der Waals surface area contributed by atoms with Gasteiger partial charge in [-0.2, -0.15) is 13.2 Å². The Morgan fingerprint density at radius 1 is 1.04 bits per heavy atom. The van der Waals surface area contributed by atoms with Crippen LogP contribution in [0.1, 0.15) is 24.8 Å². The Balaban J connectivity index is 1.83. The molecule has 1 fully saturated rings. The number of aliphatic imine (C=N–C) groups is 1. The number of halogens is 3. The third-order valence-electron chi connectivity index (χ3n) is 4.75. The lowest BCUT2D eigenvalue weighted by Crippen LogP contribution is -2.04. The third kappa shape index (κ3) is 3.43. The van der Waals surface area contributed by atoms with Crippen molar-refractivity contribution < 1.29 is 23.4 Å². The van der Waals surface area contributed by atoms with Crippen LogP contribution in [0.5, 0.6) is 5.75 Å². The van der Waals surface area contributed by atoms with Gasteiger partial charge in [-0.15, -0.1) is 10.2 Å². The van der Waals surface area contributed by atoms with Crippen LogP contribution in [0, 0.1) is 0 Å². The van der Waals surface area contributed by atoms with Crippen molar-refractivity contribution in [3.8, 4) is 17.0 Å². The number of aromatic hydroxyl groups is 1. The highest BCUT2D eigenvalue weighted by Gasteiger charge is 2.31. The number of aliphatic hydroxyl groups is 1. The molecule has 144 valence electrons. The molecule has 1 unspecified atom stereocenters. The summed E-state index contributed by atoms with van der Waals surface area (Å²) in [5.41, 5.74) is 0.329. The van der Waals surface area contributed by atoms with Crippen molar-refractivity contribution in [1.29, 1.82) is 0 Å². The van der Waals surface area contributed by atoms with Gasteiger partial charge in [0.1, 0.15) is 11.4 Å². The number of phenolic OH excluding ortho intramolecular Hbond substituents is 1. The Bertz CT molecular complexity index is 1080. The molecular formula is C20H16F3N3O2. The second-order valence-corrected chi connectivity index (χ2v) is 6.72. The molecule has 0 bridgehead atoms. The first-order valence-electron chi connectivity index (χ1n) is 8.73. The lowest BCUT2D eigenvalue weighted by Gasteiger charge is -2.11. The largest absolute Gasteiger partial charge is 0.507 e. The number of aromatic nitrogens is 2. The van der Waals surface area contributed by atoms with Crippen LogP contribution >= 0.6 is 0 Å². The van der Waals surface area contributed by atoms with Crippen LogP contribution in [-0.4, -0.2) is 32.2 Å². The zero-order valence-corrected chi connectivity index (χ0v) is 14.6. The van der Waals surface area contributed by atoms with E-state index in [0.717, 1.165) is 11.8 Å². The minimum absolute atomic E-state index is 0.159. The minimum atomic E-state index is -4.55. The monoisotopic (exact) mass is 387 g/mol. The number of phenols is 1. The van der Waals surface area contributed by atoms with E-state index in [-0.39, 0.29) is 11.3 Å². The number of benzene rings is 2. The minimum Gasteiger partial charge on any atom is -0.507 e. The molecule has 0 spiro atoms. The summed E-state index contributed by atoms with van der Waals surface area (Å²) in [6.07, 6.45) is -3.13. The fourth-order valence-electron chi connectivity index (χ4n) is 3.34. The zero-order valence-electron chi connectivity index (χ0n) is 14.6. The first kappa shape index (κ1) is 18.4. The summed E-state index contributed by atoms with van der Waals surface area (Å²) in [4.78, 5) is 4.51. The second kappa shape index (κ2) is 6.87. The Morgan fingerprint density at radius 3 is 2.43 bits per heavy atom. The maximum absolute atomic E-state index is 12.9. The number of hydrogen-bond acceptors (Lipinski definition) is 5. The summed E-state index contributed by atoms with van der Waals surface area (Å²) >= 11 is 0. The van der Waals surface area contributed by atoms with Gasteiger partial charge in [0, 0.05) is 28.5 Å². The molecule has 0 aliphatic heterocycles. The van der Waals surface area contributed by atoms with Gasteiger partial charge in [0.25, 0.3) is 0 Å². The lowest BCUT2D eigenvalue weighted by atomic mass is 10.0. The van der Waals surface area contributed by atoms with E-state index < -0.39 is 23.6 Å². The molecule has 1 aromatic heterocycles. The fourth-order valence-corrected chi connectivity index (χ4v) is 3.34. The van der Waals surface area contributed by atoms with Crippen molar-refractivity contribution in [3.63, 3.8) is 0 Å². The van der Waals surface area contributed by atoms with Gasteiger partial charge in [-0.25, -0.2) is 4.99 Å². The second-order valence-electron chi connectivity index (χ2n) is 6.72. The van der Waals surface area contributed by atoms with E-state index in [9.17, 15) is 23.4 Å². The Labute approximate surface area is 158 Å². The highest BCUT2D eigenvalue weighted by molar-refractivity contribution is 6.02. The molecule has 0 amide bonds. The lowest BCUT2D eigenvalue weighted by molar-refractivity contribution is -0.137. The van der Waals surface area contributed by atoms with Crippen molar-refractivity contribution in [3.05, 3.63) is 48.0 Å². The number of nitrogens with zero attached hydrogens (tertiary/aromatic N) is 3. The van der Waals surface area contributed by atoms with E-state index in [1.165, 1.54) is 6.07 Å². The molecule has 0 saturated heterocycles. The van der Waals surface area contributed by atoms with E-state index in [4.69, 9.17) is 0 Å². The maximum atomic E-state index is 12.9. The predicted molar refractivity (Wildman–Crippen MR) is 98.6 cm³/mol. The van der Waals surface area contributed by atoms with Crippen LogP contribution in [0.2, 0.25) is 0 Å². The Morgan fingerprint density at radius 2 is 1.79 bits per heavy atom. The Kier molecular flexibility index (Phi) is 4.50. The van der Waals surface area contributed by atoms with E-state index >= 15 is 0 Å². The summed E-state index contributed by atoms with van der Waals surface area (Å²) in [7, 11) is 0. The summed E-state index contributed by atoms with van der Waals surface area (Å²) < 4.78 is 38.6. The van der Waals surface area contributed by atoms with Gasteiger partial charge in [0.05, 0.1) is 11.7 Å². The summed E-state index contributed by atoms with van der Waals surface area (Å²) in [5, 5.41) is 29.4. The molecule has 2 aromatic carbocycles. The molecule has 1 aliphatic carbocycles. The first-order valence-corrected chi connectivity index (χ1v) is 8.73. The summed E-state index contributed by atoms with van der Waals surface area (Å²) in [6, 6.07) is 9.88. The third-order valence-corrected chi connectivity index (χ3v) is 4.75.